The molecule has 7 aromatic heterocycles. The Bertz CT molecular complexity index is 2660. The zero-order valence-corrected chi connectivity index (χ0v) is 28.3. The second kappa shape index (κ2) is 11.3. The maximum Gasteiger partial charge on any atom is 0.402 e. The van der Waals surface area contributed by atoms with Crippen LogP contribution in [0, 0.1) is 13.8 Å². The number of aryl methyl sites for hydroxylation is 1. The van der Waals surface area contributed by atoms with Crippen LogP contribution in [-0.2, 0) is 5.75 Å². The molecule has 0 saturated carbocycles. The lowest BCUT2D eigenvalue weighted by Gasteiger charge is -2.13. The zero-order chi connectivity index (χ0) is 33.2. The minimum Gasteiger partial charge on any atom is -0.496 e. The molecule has 0 bridgehead atoms. The Morgan fingerprint density at radius 3 is 2.14 bits per heavy atom. The molecule has 0 aliphatic carbocycles. The summed E-state index contributed by atoms with van der Waals surface area (Å²) in [4.78, 5) is 13.7. The van der Waals surface area contributed by atoms with Crippen molar-refractivity contribution in [3.05, 3.63) is 127 Å². The topological polar surface area (TPSA) is 82.6 Å². The number of fused-ring (bicyclic) bond motifs is 6. The van der Waals surface area contributed by atoms with Crippen molar-refractivity contribution in [3.63, 3.8) is 0 Å². The number of hydrogen-bond acceptors (Lipinski definition) is 5. The normalized spacial score (nSPS) is 11.8. The van der Waals surface area contributed by atoms with E-state index in [0.29, 0.717) is 5.75 Å². The molecule has 2 aromatic carbocycles. The molecule has 0 unspecified atom stereocenters. The van der Waals surface area contributed by atoms with E-state index in [1.54, 1.807) is 26.0 Å². The smallest absolute Gasteiger partial charge is 0.402 e. The van der Waals surface area contributed by atoms with Crippen LogP contribution in [0.25, 0.3) is 50.7 Å². The first-order valence-electron chi connectivity index (χ1n) is 16.0. The minimum absolute atomic E-state index is 0.636. The van der Waals surface area contributed by atoms with Gasteiger partial charge in [-0.15, -0.1) is 0 Å². The summed E-state index contributed by atoms with van der Waals surface area (Å²) >= 11 is 1.76. The lowest BCUT2D eigenvalue weighted by molar-refractivity contribution is -0.610. The summed E-state index contributed by atoms with van der Waals surface area (Å²) < 4.78 is 22.4. The molecule has 10 nitrogen and oxygen atoms in total. The molecule has 0 radical (unpaired) electrons. The molecule has 9 aromatic rings. The van der Waals surface area contributed by atoms with Gasteiger partial charge in [0.1, 0.15) is 27.7 Å². The maximum absolute atomic E-state index is 5.82. The molecular weight excluding hydrogens is 633 g/mol. The fourth-order valence-corrected chi connectivity index (χ4v) is 8.12. The number of benzene rings is 2. The third kappa shape index (κ3) is 4.61. The number of aromatic nitrogens is 8. The van der Waals surface area contributed by atoms with E-state index in [-0.39, 0.29) is 0 Å². The summed E-state index contributed by atoms with van der Waals surface area (Å²) in [7, 11) is 3.43. The van der Waals surface area contributed by atoms with Crippen molar-refractivity contribution >= 4 is 45.1 Å². The number of ether oxygens (including phenoxy) is 2. The van der Waals surface area contributed by atoms with Crippen LogP contribution in [0.4, 0.5) is 0 Å². The lowest BCUT2D eigenvalue weighted by Crippen LogP contribution is -2.37. The molecule has 1 N–H and O–H groups in total. The summed E-state index contributed by atoms with van der Waals surface area (Å²) in [5.74, 6) is 3.90. The second-order valence-corrected chi connectivity index (χ2v) is 13.0. The van der Waals surface area contributed by atoms with E-state index < -0.39 is 0 Å². The predicted molar refractivity (Wildman–Crippen MR) is 192 cm³/mol. The standard InChI is InChI=1S/C38H33N8O2S/c1-24-32(44(19-13-33(24)47-3)37-39-28-11-9-26(21-30(28)40-37)42-15-5-6-16-42)23-49-36-35-25(2)34(48-4)14-20-45(35)38-41-29-12-10-27(22-31(29)46(36)38)43-17-7-8-18-43/h5-22H,23H2,1-4H3,(H,39,40)/q+1. The molecule has 49 heavy (non-hydrogen) atoms. The van der Waals surface area contributed by atoms with Crippen molar-refractivity contribution < 1.29 is 14.0 Å². The third-order valence-electron chi connectivity index (χ3n) is 9.32. The monoisotopic (exact) mass is 665 g/mol. The fourth-order valence-electron chi connectivity index (χ4n) is 6.79. The molecule has 0 aliphatic rings. The molecular formula is C38H33N8O2S+. The molecule has 11 heteroatoms. The number of aromatic amines is 1. The zero-order valence-electron chi connectivity index (χ0n) is 27.5. The number of rotatable bonds is 8. The second-order valence-electron chi connectivity index (χ2n) is 12.0. The number of nitrogens with zero attached hydrogens (tertiary/aromatic N) is 7. The van der Waals surface area contributed by atoms with Gasteiger partial charge < -0.3 is 18.6 Å². The Hall–Kier alpha value is -5.94. The van der Waals surface area contributed by atoms with E-state index in [9.17, 15) is 0 Å². The van der Waals surface area contributed by atoms with Gasteiger partial charge in [0.2, 0.25) is 5.78 Å². The Labute approximate surface area is 285 Å². The highest BCUT2D eigenvalue weighted by atomic mass is 32.2. The van der Waals surface area contributed by atoms with Gasteiger partial charge in [-0.1, -0.05) is 16.7 Å². The van der Waals surface area contributed by atoms with Gasteiger partial charge >= 0.3 is 5.95 Å². The summed E-state index contributed by atoms with van der Waals surface area (Å²) in [6.45, 7) is 4.22. The van der Waals surface area contributed by atoms with Crippen LogP contribution >= 0.6 is 11.8 Å². The molecule has 0 aliphatic heterocycles. The van der Waals surface area contributed by atoms with Gasteiger partial charge in [0.25, 0.3) is 0 Å². The van der Waals surface area contributed by atoms with Crippen molar-refractivity contribution in [2.24, 2.45) is 0 Å². The van der Waals surface area contributed by atoms with Crippen LogP contribution < -0.4 is 14.0 Å². The lowest BCUT2D eigenvalue weighted by atomic mass is 10.2. The Balaban J connectivity index is 1.20. The molecule has 7 heterocycles. The summed E-state index contributed by atoms with van der Waals surface area (Å²) in [5.41, 5.74) is 10.2. The number of methoxy groups -OCH3 is 2. The average molecular weight is 666 g/mol. The number of H-pyrrole nitrogens is 1. The van der Waals surface area contributed by atoms with Crippen molar-refractivity contribution in [1.29, 1.82) is 0 Å². The van der Waals surface area contributed by atoms with Gasteiger partial charge in [-0.2, -0.15) is 0 Å². The molecule has 242 valence electrons. The van der Waals surface area contributed by atoms with Crippen LogP contribution in [0.2, 0.25) is 0 Å². The van der Waals surface area contributed by atoms with Gasteiger partial charge in [-0.05, 0) is 74.5 Å². The average Bonchev–Trinajstić information content (AvgIpc) is 3.96. The summed E-state index contributed by atoms with van der Waals surface area (Å²) in [6.07, 6.45) is 12.3. The van der Waals surface area contributed by atoms with E-state index in [4.69, 9.17) is 19.4 Å². The van der Waals surface area contributed by atoms with E-state index in [1.807, 2.05) is 61.2 Å². The summed E-state index contributed by atoms with van der Waals surface area (Å²) in [6, 6.07) is 24.8. The minimum atomic E-state index is 0.636. The molecule has 0 atom stereocenters. The summed E-state index contributed by atoms with van der Waals surface area (Å²) in [5, 5.41) is 1.08. The third-order valence-corrected chi connectivity index (χ3v) is 10.4. The van der Waals surface area contributed by atoms with Gasteiger partial charge in [-0.25, -0.2) is 14.5 Å². The quantitative estimate of drug-likeness (QED) is 0.135. The molecule has 0 spiro atoms. The number of thioether (sulfide) groups is 1. The Morgan fingerprint density at radius 1 is 0.755 bits per heavy atom. The first kappa shape index (κ1) is 29.2. The first-order valence-corrected chi connectivity index (χ1v) is 17.0. The van der Waals surface area contributed by atoms with Crippen LogP contribution in [0.5, 0.6) is 11.5 Å². The SMILES string of the molecule is COc1cc[n+](-c2nc3ccc(-n4cccc4)cc3[nH]2)c(CSc2c3c(C)c(OC)ccn3c3nc4ccc(-n5cccc5)cc4n23)c1C. The van der Waals surface area contributed by atoms with E-state index in [1.165, 1.54) is 0 Å². The number of imidazole rings is 3. The van der Waals surface area contributed by atoms with E-state index in [0.717, 1.165) is 84.0 Å². The van der Waals surface area contributed by atoms with Crippen molar-refractivity contribution in [2.45, 2.75) is 24.6 Å². The van der Waals surface area contributed by atoms with Crippen LogP contribution in [-0.4, -0.2) is 47.1 Å². The highest BCUT2D eigenvalue weighted by Crippen LogP contribution is 2.38. The predicted octanol–water partition coefficient (Wildman–Crippen LogP) is 7.40. The van der Waals surface area contributed by atoms with E-state index >= 15 is 0 Å². The first-order chi connectivity index (χ1) is 24.0. The molecule has 9 rings (SSSR count). The van der Waals surface area contributed by atoms with Gasteiger partial charge in [-0.3, -0.25) is 8.80 Å². The number of hydrogen-bond donors (Lipinski definition) is 1. The van der Waals surface area contributed by atoms with Gasteiger partial charge in [0.05, 0.1) is 42.7 Å². The van der Waals surface area contributed by atoms with Gasteiger partial charge in [0.15, 0.2) is 5.52 Å². The van der Waals surface area contributed by atoms with Crippen LogP contribution in [0.15, 0.2) is 115 Å². The number of nitrogens with one attached hydrogen (secondary N) is 1. The van der Waals surface area contributed by atoms with Crippen molar-refractivity contribution in [1.82, 2.24) is 32.9 Å². The van der Waals surface area contributed by atoms with Crippen LogP contribution in [0.1, 0.15) is 16.8 Å². The highest BCUT2D eigenvalue weighted by molar-refractivity contribution is 7.98. The molecule has 0 amide bonds. The van der Waals surface area contributed by atoms with E-state index in [2.05, 4.69) is 90.1 Å². The van der Waals surface area contributed by atoms with Crippen LogP contribution in [0.3, 0.4) is 0 Å². The maximum atomic E-state index is 5.82. The van der Waals surface area contributed by atoms with Crippen molar-refractivity contribution in [2.75, 3.05) is 14.2 Å². The van der Waals surface area contributed by atoms with Crippen molar-refractivity contribution in [3.8, 4) is 28.8 Å². The highest BCUT2D eigenvalue weighted by Gasteiger charge is 2.25. The Kier molecular flexibility index (Phi) is 6.76. The fraction of sp³-hybridized carbons (Fsp3) is 0.132. The molecule has 0 saturated heterocycles. The Morgan fingerprint density at radius 2 is 1.43 bits per heavy atom. The van der Waals surface area contributed by atoms with Gasteiger partial charge in [0, 0.05) is 65.6 Å². The molecule has 0 fully saturated rings. The largest absolute Gasteiger partial charge is 0.496 e. The number of pyridine rings is 2.